The van der Waals surface area contributed by atoms with E-state index in [0.29, 0.717) is 0 Å². The van der Waals surface area contributed by atoms with Crippen LogP contribution in [-0.4, -0.2) is 17.7 Å². The summed E-state index contributed by atoms with van der Waals surface area (Å²) in [7, 11) is 0. The monoisotopic (exact) mass is 454 g/mol. The first-order chi connectivity index (χ1) is 7.37. The van der Waals surface area contributed by atoms with E-state index in [1.807, 2.05) is 33.8 Å². The molecule has 0 aromatic rings. The van der Waals surface area contributed by atoms with Gasteiger partial charge in [-0.2, -0.15) is 0 Å². The number of nitrogens with one attached hydrogen (secondary N) is 1. The van der Waals surface area contributed by atoms with Crippen molar-refractivity contribution in [3.05, 3.63) is 12.2 Å². The molecular formula is C10H18I2NO3-. The van der Waals surface area contributed by atoms with E-state index >= 15 is 0 Å². The molecule has 1 aliphatic heterocycles. The van der Waals surface area contributed by atoms with Gasteiger partial charge in [-0.25, -0.2) is 0 Å². The van der Waals surface area contributed by atoms with Crippen LogP contribution in [0.1, 0.15) is 34.1 Å². The van der Waals surface area contributed by atoms with Crippen LogP contribution in [-0.2, 0) is 12.6 Å². The molecule has 1 N–H and O–H groups in total. The molecule has 1 aliphatic rings. The summed E-state index contributed by atoms with van der Waals surface area (Å²) in [5.41, 5.74) is -0.417. The SMILES string of the molecule is C[C@@H](C/C=C/C(=O)OC(C)(C)C)OI1N[I-]1. The molecule has 1 atom stereocenters. The zero-order chi connectivity index (χ0) is 12.2. The van der Waals surface area contributed by atoms with E-state index in [1.165, 1.54) is 6.08 Å². The van der Waals surface area contributed by atoms with E-state index in [-0.39, 0.29) is 29.6 Å². The maximum absolute atomic E-state index is 11.3. The van der Waals surface area contributed by atoms with Gasteiger partial charge in [0.15, 0.2) is 0 Å². The second kappa shape index (κ2) is 6.50. The molecule has 0 bridgehead atoms. The van der Waals surface area contributed by atoms with Crippen molar-refractivity contribution in [2.24, 2.45) is 0 Å². The summed E-state index contributed by atoms with van der Waals surface area (Å²) in [4.78, 5) is 11.3. The molecule has 1 heterocycles. The van der Waals surface area contributed by atoms with Gasteiger partial charge in [0.2, 0.25) is 0 Å². The van der Waals surface area contributed by atoms with Crippen molar-refractivity contribution in [2.45, 2.75) is 45.8 Å². The van der Waals surface area contributed by atoms with Crippen molar-refractivity contribution in [3.63, 3.8) is 0 Å². The van der Waals surface area contributed by atoms with Crippen LogP contribution in [0.2, 0.25) is 0 Å². The number of hydrogen-bond acceptors (Lipinski definition) is 4. The molecule has 1 rings (SSSR count). The molecule has 0 unspecified atom stereocenters. The minimum absolute atomic E-state index is 0.221. The normalized spacial score (nSPS) is 20.4. The molecule has 0 aromatic heterocycles. The van der Waals surface area contributed by atoms with Gasteiger partial charge in [0, 0.05) is 0 Å². The Morgan fingerprint density at radius 2 is 2.19 bits per heavy atom. The fraction of sp³-hybridized carbons (Fsp3) is 0.700. The zero-order valence-corrected chi connectivity index (χ0v) is 14.2. The van der Waals surface area contributed by atoms with Crippen LogP contribution < -0.4 is 19.2 Å². The van der Waals surface area contributed by atoms with Gasteiger partial charge in [-0.15, -0.1) is 0 Å². The number of esters is 1. The van der Waals surface area contributed by atoms with Crippen molar-refractivity contribution in [1.82, 2.24) is 1.74 Å². The number of hydrogen-bond donors (Lipinski definition) is 1. The molecule has 6 heteroatoms. The Kier molecular flexibility index (Phi) is 5.95. The molecule has 1 fully saturated rings. The predicted molar refractivity (Wildman–Crippen MR) is 67.3 cm³/mol. The van der Waals surface area contributed by atoms with Crippen molar-refractivity contribution in [1.29, 1.82) is 0 Å². The summed E-state index contributed by atoms with van der Waals surface area (Å²) in [6.45, 7) is 7.62. The average Bonchev–Trinajstić information content (AvgIpc) is 2.84. The summed E-state index contributed by atoms with van der Waals surface area (Å²) in [6.07, 6.45) is 4.32. The van der Waals surface area contributed by atoms with Crippen molar-refractivity contribution in [2.75, 3.05) is 0 Å². The Bertz CT molecular complexity index is 272. The molecule has 16 heavy (non-hydrogen) atoms. The second-order valence-electron chi connectivity index (χ2n) is 4.42. The molecule has 0 aromatic carbocycles. The molecule has 0 aliphatic carbocycles. The van der Waals surface area contributed by atoms with Crippen LogP contribution in [0.5, 0.6) is 0 Å². The molecule has 1 saturated heterocycles. The van der Waals surface area contributed by atoms with Crippen LogP contribution in [0.15, 0.2) is 12.2 Å². The van der Waals surface area contributed by atoms with Gasteiger partial charge in [-0.05, 0) is 0 Å². The van der Waals surface area contributed by atoms with Crippen molar-refractivity contribution in [3.8, 4) is 0 Å². The van der Waals surface area contributed by atoms with Crippen molar-refractivity contribution < 1.29 is 30.1 Å². The van der Waals surface area contributed by atoms with E-state index in [1.54, 1.807) is 0 Å². The topological polar surface area (TPSA) is 57.5 Å². The van der Waals surface area contributed by atoms with E-state index in [2.05, 4.69) is 1.74 Å². The predicted octanol–water partition coefficient (Wildman–Crippen LogP) is -0.462. The Labute approximate surface area is 111 Å². The minimum atomic E-state index is -1.02. The Morgan fingerprint density at radius 1 is 1.56 bits per heavy atom. The molecule has 0 spiro atoms. The van der Waals surface area contributed by atoms with Gasteiger partial charge in [0.1, 0.15) is 0 Å². The first-order valence-corrected chi connectivity index (χ1v) is 14.4. The van der Waals surface area contributed by atoms with E-state index < -0.39 is 22.1 Å². The summed E-state index contributed by atoms with van der Waals surface area (Å²) >= 11 is -0.762. The quantitative estimate of drug-likeness (QED) is 0.201. The Hall–Kier alpha value is 0.590. The number of carbonyl (C=O) groups is 1. The van der Waals surface area contributed by atoms with E-state index in [9.17, 15) is 4.79 Å². The van der Waals surface area contributed by atoms with Gasteiger partial charge < -0.3 is 0 Å². The van der Waals surface area contributed by atoms with Crippen LogP contribution in [0.3, 0.4) is 0 Å². The van der Waals surface area contributed by atoms with E-state index in [0.717, 1.165) is 6.42 Å². The van der Waals surface area contributed by atoms with Gasteiger partial charge in [-0.3, -0.25) is 0 Å². The van der Waals surface area contributed by atoms with Crippen molar-refractivity contribution >= 4 is 22.5 Å². The Balaban J connectivity index is 2.17. The van der Waals surface area contributed by atoms with Gasteiger partial charge in [0.05, 0.1) is 0 Å². The van der Waals surface area contributed by atoms with Crippen LogP contribution in [0.25, 0.3) is 0 Å². The standard InChI is InChI=1S/C10H18I2NO3/c1-8(16-12-11-13-12)6-5-7-9(14)15-10(2,3)4/h5,7-8,13H,6H2,1-4H3/q-1/b7-5+/t8-/m0/s1. The molecule has 0 radical (unpaired) electrons. The van der Waals surface area contributed by atoms with E-state index in [4.69, 9.17) is 7.80 Å². The van der Waals surface area contributed by atoms with Crippen LogP contribution >= 0.6 is 16.5 Å². The zero-order valence-electron chi connectivity index (χ0n) is 9.92. The summed E-state index contributed by atoms with van der Waals surface area (Å²) in [5, 5.41) is 0. The fourth-order valence-electron chi connectivity index (χ4n) is 0.906. The third-order valence-electron chi connectivity index (χ3n) is 1.49. The molecule has 0 amide bonds. The summed E-state index contributed by atoms with van der Waals surface area (Å²) in [6, 6.07) is 0. The maximum atomic E-state index is 11.3. The number of ether oxygens (including phenoxy) is 1. The van der Waals surface area contributed by atoms with Gasteiger partial charge in [0.25, 0.3) is 0 Å². The van der Waals surface area contributed by atoms with Gasteiger partial charge in [-0.1, -0.05) is 0 Å². The number of carbonyl (C=O) groups excluding carboxylic acids is 1. The van der Waals surface area contributed by atoms with Gasteiger partial charge >= 0.3 is 112 Å². The molecule has 0 saturated carbocycles. The molecule has 4 nitrogen and oxygen atoms in total. The summed E-state index contributed by atoms with van der Waals surface area (Å²) < 4.78 is 14.2. The third-order valence-corrected chi connectivity index (χ3v) is 9.80. The van der Waals surface area contributed by atoms with Crippen LogP contribution in [0, 0.1) is 0 Å². The number of halogens is 2. The molecular weight excluding hydrogens is 436 g/mol. The Morgan fingerprint density at radius 3 is 2.69 bits per heavy atom. The number of rotatable bonds is 5. The molecule has 96 valence electrons. The first kappa shape index (κ1) is 14.7. The first-order valence-electron chi connectivity index (χ1n) is 5.04. The third kappa shape index (κ3) is 7.80. The fourth-order valence-corrected chi connectivity index (χ4v) is 8.87. The van der Waals surface area contributed by atoms with Crippen LogP contribution in [0.4, 0.5) is 0 Å². The second-order valence-corrected chi connectivity index (χ2v) is 17.4. The summed E-state index contributed by atoms with van der Waals surface area (Å²) in [5.74, 6) is -0.282. The average molecular weight is 454 g/mol.